The highest BCUT2D eigenvalue weighted by Crippen LogP contribution is 2.16. The molecule has 2 atom stereocenters. The molecular weight excluding hydrogens is 202 g/mol. The molecule has 0 aromatic heterocycles. The number of aliphatic hydroxyl groups excluding tert-OH is 1. The molecule has 1 aliphatic heterocycles. The van der Waals surface area contributed by atoms with Gasteiger partial charge in [-0.25, -0.2) is 0 Å². The van der Waals surface area contributed by atoms with Crippen molar-refractivity contribution in [2.24, 2.45) is 0 Å². The van der Waals surface area contributed by atoms with Gasteiger partial charge in [0, 0.05) is 19.1 Å². The van der Waals surface area contributed by atoms with Crippen LogP contribution in [-0.4, -0.2) is 41.9 Å². The number of hydrogen-bond donors (Lipinski definition) is 1. The maximum Gasteiger partial charge on any atom is 0.0958 e. The lowest BCUT2D eigenvalue weighted by molar-refractivity contribution is -0.0883. The summed E-state index contributed by atoms with van der Waals surface area (Å²) in [5.74, 6) is 0. The zero-order chi connectivity index (χ0) is 11.4. The lowest BCUT2D eigenvalue weighted by Crippen LogP contribution is -2.50. The summed E-state index contributed by atoms with van der Waals surface area (Å²) < 4.78 is 5.52. The van der Waals surface area contributed by atoms with E-state index in [1.54, 1.807) is 0 Å². The average Bonchev–Trinajstić information content (AvgIpc) is 2.33. The fourth-order valence-corrected chi connectivity index (χ4v) is 2.15. The van der Waals surface area contributed by atoms with Crippen LogP contribution in [0, 0.1) is 0 Å². The maximum atomic E-state index is 9.19. The van der Waals surface area contributed by atoms with Crippen LogP contribution in [-0.2, 0) is 11.3 Å². The Morgan fingerprint density at radius 3 is 2.81 bits per heavy atom. The van der Waals surface area contributed by atoms with E-state index in [1.165, 1.54) is 5.56 Å². The van der Waals surface area contributed by atoms with Crippen molar-refractivity contribution in [1.29, 1.82) is 0 Å². The Balaban J connectivity index is 1.99. The minimum absolute atomic E-state index is 0.0440. The first kappa shape index (κ1) is 11.6. The monoisotopic (exact) mass is 221 g/mol. The summed E-state index contributed by atoms with van der Waals surface area (Å²) >= 11 is 0. The topological polar surface area (TPSA) is 32.7 Å². The van der Waals surface area contributed by atoms with E-state index >= 15 is 0 Å². The second-order valence-electron chi connectivity index (χ2n) is 4.29. The summed E-state index contributed by atoms with van der Waals surface area (Å²) in [7, 11) is 0. The first-order valence-corrected chi connectivity index (χ1v) is 5.81. The molecule has 1 aromatic carbocycles. The highest BCUT2D eigenvalue weighted by molar-refractivity contribution is 5.14. The summed E-state index contributed by atoms with van der Waals surface area (Å²) in [6, 6.07) is 10.7. The number of aliphatic hydroxyl groups is 1. The molecule has 0 saturated carbocycles. The van der Waals surface area contributed by atoms with E-state index < -0.39 is 0 Å². The quantitative estimate of drug-likeness (QED) is 0.834. The van der Waals surface area contributed by atoms with Crippen LogP contribution < -0.4 is 0 Å². The predicted molar refractivity (Wildman–Crippen MR) is 63.1 cm³/mol. The van der Waals surface area contributed by atoms with Crippen molar-refractivity contribution in [2.45, 2.75) is 25.6 Å². The molecule has 1 N–H and O–H groups in total. The van der Waals surface area contributed by atoms with E-state index in [9.17, 15) is 5.11 Å². The van der Waals surface area contributed by atoms with Gasteiger partial charge in [0.25, 0.3) is 0 Å². The van der Waals surface area contributed by atoms with E-state index in [0.717, 1.165) is 13.1 Å². The smallest absolute Gasteiger partial charge is 0.0958 e. The molecule has 0 aliphatic carbocycles. The van der Waals surface area contributed by atoms with Crippen LogP contribution in [0.1, 0.15) is 12.5 Å². The van der Waals surface area contributed by atoms with Gasteiger partial charge in [0.1, 0.15) is 0 Å². The van der Waals surface area contributed by atoms with Gasteiger partial charge in [-0.3, -0.25) is 4.90 Å². The number of morpholine rings is 1. The van der Waals surface area contributed by atoms with Crippen LogP contribution in [0.5, 0.6) is 0 Å². The van der Waals surface area contributed by atoms with E-state index in [4.69, 9.17) is 4.74 Å². The Morgan fingerprint density at radius 1 is 1.38 bits per heavy atom. The molecule has 0 bridgehead atoms. The third kappa shape index (κ3) is 2.61. The van der Waals surface area contributed by atoms with Crippen molar-refractivity contribution in [1.82, 2.24) is 4.90 Å². The van der Waals surface area contributed by atoms with Gasteiger partial charge in [0.2, 0.25) is 0 Å². The van der Waals surface area contributed by atoms with Crippen LogP contribution in [0.3, 0.4) is 0 Å². The third-order valence-corrected chi connectivity index (χ3v) is 3.23. The standard InChI is InChI=1S/C13H19NO2/c1-11-13(10-15)16-8-7-14(11)9-12-5-3-2-4-6-12/h2-6,11,13,15H,7-10H2,1H3/t11-,13+/m0/s1. The second-order valence-corrected chi connectivity index (χ2v) is 4.29. The summed E-state index contributed by atoms with van der Waals surface area (Å²) in [6.45, 7) is 4.80. The van der Waals surface area contributed by atoms with Crippen LogP contribution in [0.2, 0.25) is 0 Å². The third-order valence-electron chi connectivity index (χ3n) is 3.23. The van der Waals surface area contributed by atoms with E-state index in [2.05, 4.69) is 36.1 Å². The lowest BCUT2D eigenvalue weighted by Gasteiger charge is -2.38. The van der Waals surface area contributed by atoms with Crippen molar-refractivity contribution < 1.29 is 9.84 Å². The number of hydrogen-bond acceptors (Lipinski definition) is 3. The SMILES string of the molecule is C[C@H]1[C@@H](CO)OCCN1Cc1ccccc1. The molecule has 0 spiro atoms. The Kier molecular flexibility index (Phi) is 3.93. The molecule has 1 aromatic rings. The molecule has 88 valence electrons. The zero-order valence-electron chi connectivity index (χ0n) is 9.67. The van der Waals surface area contributed by atoms with Crippen LogP contribution >= 0.6 is 0 Å². The molecule has 0 radical (unpaired) electrons. The highest BCUT2D eigenvalue weighted by Gasteiger charge is 2.27. The van der Waals surface area contributed by atoms with E-state index in [1.807, 2.05) is 6.07 Å². The largest absolute Gasteiger partial charge is 0.394 e. The van der Waals surface area contributed by atoms with E-state index in [0.29, 0.717) is 6.61 Å². The molecule has 2 rings (SSSR count). The molecule has 0 unspecified atom stereocenters. The Hall–Kier alpha value is -0.900. The van der Waals surface area contributed by atoms with Crippen LogP contribution in [0.25, 0.3) is 0 Å². The molecule has 3 heteroatoms. The number of nitrogens with zero attached hydrogens (tertiary/aromatic N) is 1. The van der Waals surface area contributed by atoms with Gasteiger partial charge in [-0.15, -0.1) is 0 Å². The molecule has 1 aliphatic rings. The normalized spacial score (nSPS) is 26.9. The fourth-order valence-electron chi connectivity index (χ4n) is 2.15. The van der Waals surface area contributed by atoms with Gasteiger partial charge in [0.05, 0.1) is 19.3 Å². The van der Waals surface area contributed by atoms with Crippen molar-refractivity contribution in [3.63, 3.8) is 0 Å². The Labute approximate surface area is 96.6 Å². The predicted octanol–water partition coefficient (Wildman–Crippen LogP) is 1.27. The second kappa shape index (κ2) is 5.43. The molecule has 1 fully saturated rings. The molecule has 1 saturated heterocycles. The number of ether oxygens (including phenoxy) is 1. The minimum Gasteiger partial charge on any atom is -0.394 e. The zero-order valence-corrected chi connectivity index (χ0v) is 9.67. The van der Waals surface area contributed by atoms with Crippen molar-refractivity contribution >= 4 is 0 Å². The molecular formula is C13H19NO2. The Bertz CT molecular complexity index is 315. The first-order chi connectivity index (χ1) is 7.81. The number of rotatable bonds is 3. The summed E-state index contributed by atoms with van der Waals surface area (Å²) in [5, 5.41) is 9.19. The van der Waals surface area contributed by atoms with Gasteiger partial charge in [-0.2, -0.15) is 0 Å². The van der Waals surface area contributed by atoms with Crippen molar-refractivity contribution in [2.75, 3.05) is 19.8 Å². The van der Waals surface area contributed by atoms with Gasteiger partial charge < -0.3 is 9.84 Å². The van der Waals surface area contributed by atoms with Crippen molar-refractivity contribution in [3.05, 3.63) is 35.9 Å². The number of benzene rings is 1. The summed E-state index contributed by atoms with van der Waals surface area (Å²) in [5.41, 5.74) is 1.31. The van der Waals surface area contributed by atoms with Gasteiger partial charge in [0.15, 0.2) is 0 Å². The van der Waals surface area contributed by atoms with E-state index in [-0.39, 0.29) is 18.8 Å². The van der Waals surface area contributed by atoms with Crippen LogP contribution in [0.15, 0.2) is 30.3 Å². The fraction of sp³-hybridized carbons (Fsp3) is 0.538. The minimum atomic E-state index is -0.0440. The maximum absolute atomic E-state index is 9.19. The first-order valence-electron chi connectivity index (χ1n) is 5.81. The summed E-state index contributed by atoms with van der Waals surface area (Å²) in [4.78, 5) is 2.36. The molecule has 0 amide bonds. The van der Waals surface area contributed by atoms with Crippen molar-refractivity contribution in [3.8, 4) is 0 Å². The van der Waals surface area contributed by atoms with Gasteiger partial charge in [-0.1, -0.05) is 30.3 Å². The van der Waals surface area contributed by atoms with Crippen LogP contribution in [0.4, 0.5) is 0 Å². The average molecular weight is 221 g/mol. The Morgan fingerprint density at radius 2 is 2.12 bits per heavy atom. The molecule has 16 heavy (non-hydrogen) atoms. The lowest BCUT2D eigenvalue weighted by atomic mass is 10.1. The van der Waals surface area contributed by atoms with Gasteiger partial charge in [-0.05, 0) is 12.5 Å². The highest BCUT2D eigenvalue weighted by atomic mass is 16.5. The molecule has 1 heterocycles. The molecule has 3 nitrogen and oxygen atoms in total. The van der Waals surface area contributed by atoms with Gasteiger partial charge >= 0.3 is 0 Å². The summed E-state index contributed by atoms with van der Waals surface area (Å²) in [6.07, 6.45) is -0.0440.